The van der Waals surface area contributed by atoms with Gasteiger partial charge in [-0.15, -0.1) is 0 Å². The summed E-state index contributed by atoms with van der Waals surface area (Å²) in [4.78, 5) is 12.8. The lowest BCUT2D eigenvalue weighted by Crippen LogP contribution is -2.60. The van der Waals surface area contributed by atoms with Crippen LogP contribution >= 0.6 is 0 Å². The van der Waals surface area contributed by atoms with E-state index in [0.717, 1.165) is 44.9 Å². The van der Waals surface area contributed by atoms with Crippen LogP contribution in [0.2, 0.25) is 0 Å². The zero-order chi connectivity index (χ0) is 36.7. The number of carbonyl (C=O) groups excluding carboxylic acids is 1. The van der Waals surface area contributed by atoms with E-state index in [4.69, 9.17) is 9.47 Å². The van der Waals surface area contributed by atoms with Crippen LogP contribution in [0.4, 0.5) is 0 Å². The molecule has 1 fully saturated rings. The largest absolute Gasteiger partial charge is 0.394 e. The zero-order valence-corrected chi connectivity index (χ0v) is 32.2. The van der Waals surface area contributed by atoms with E-state index < -0.39 is 49.5 Å². The van der Waals surface area contributed by atoms with Crippen LogP contribution in [-0.2, 0) is 14.3 Å². The van der Waals surface area contributed by atoms with Crippen LogP contribution in [0, 0.1) is 0 Å². The van der Waals surface area contributed by atoms with Crippen molar-refractivity contribution < 1.29 is 39.8 Å². The van der Waals surface area contributed by atoms with Crippen molar-refractivity contribution in [2.45, 2.75) is 230 Å². The standard InChI is InChI=1S/C41H79NO8/c1-3-5-7-9-11-12-13-14-15-16-17-18-19-20-21-22-23-24-25-27-29-31-37(45)42-34(35(44)30-28-26-10-8-6-4-2)33-49-41-40(48)39(47)38(46)36(32-43)50-41/h28,30,34-36,38-41,43-44,46-48H,3-27,29,31-33H2,1-2H3,(H,42,45)/b30-28+. The van der Waals surface area contributed by atoms with Crippen LogP contribution in [0.3, 0.4) is 0 Å². The summed E-state index contributed by atoms with van der Waals surface area (Å²) in [7, 11) is 0. The lowest BCUT2D eigenvalue weighted by atomic mass is 9.99. The lowest BCUT2D eigenvalue weighted by Gasteiger charge is -2.40. The van der Waals surface area contributed by atoms with Gasteiger partial charge < -0.3 is 40.3 Å². The Hall–Kier alpha value is -1.07. The molecule has 1 aliphatic rings. The summed E-state index contributed by atoms with van der Waals surface area (Å²) >= 11 is 0. The Labute approximate surface area is 306 Å². The molecule has 0 aliphatic carbocycles. The summed E-state index contributed by atoms with van der Waals surface area (Å²) in [5.74, 6) is -0.180. The molecule has 0 aromatic heterocycles. The molecule has 7 unspecified atom stereocenters. The molecule has 50 heavy (non-hydrogen) atoms. The van der Waals surface area contributed by atoms with E-state index in [9.17, 15) is 30.3 Å². The van der Waals surface area contributed by atoms with Gasteiger partial charge in [0.1, 0.15) is 24.4 Å². The molecule has 1 aliphatic heterocycles. The van der Waals surface area contributed by atoms with Gasteiger partial charge >= 0.3 is 0 Å². The Kier molecular flexibility index (Phi) is 30.6. The highest BCUT2D eigenvalue weighted by Gasteiger charge is 2.44. The van der Waals surface area contributed by atoms with E-state index in [2.05, 4.69) is 19.2 Å². The number of unbranched alkanes of at least 4 members (excludes halogenated alkanes) is 24. The number of ether oxygens (including phenoxy) is 2. The molecular weight excluding hydrogens is 634 g/mol. The Balaban J connectivity index is 2.21. The number of hydrogen-bond donors (Lipinski definition) is 6. The summed E-state index contributed by atoms with van der Waals surface area (Å²) in [6.45, 7) is 3.69. The van der Waals surface area contributed by atoms with E-state index >= 15 is 0 Å². The number of rotatable bonds is 34. The van der Waals surface area contributed by atoms with Crippen LogP contribution in [0.15, 0.2) is 12.2 Å². The van der Waals surface area contributed by atoms with Crippen molar-refractivity contribution in [1.82, 2.24) is 5.32 Å². The van der Waals surface area contributed by atoms with Crippen LogP contribution in [0.25, 0.3) is 0 Å². The van der Waals surface area contributed by atoms with Crippen molar-refractivity contribution in [2.24, 2.45) is 0 Å². The first kappa shape index (κ1) is 47.0. The summed E-state index contributed by atoms with van der Waals surface area (Å²) < 4.78 is 11.1. The van der Waals surface area contributed by atoms with E-state index in [0.29, 0.717) is 6.42 Å². The molecule has 9 nitrogen and oxygen atoms in total. The Morgan fingerprint density at radius 2 is 1.10 bits per heavy atom. The minimum absolute atomic E-state index is 0.180. The Bertz CT molecular complexity index is 797. The highest BCUT2D eigenvalue weighted by molar-refractivity contribution is 5.76. The molecule has 0 bridgehead atoms. The van der Waals surface area contributed by atoms with Gasteiger partial charge in [-0.3, -0.25) is 4.79 Å². The molecule has 1 amide bonds. The zero-order valence-electron chi connectivity index (χ0n) is 32.2. The van der Waals surface area contributed by atoms with Crippen LogP contribution < -0.4 is 5.32 Å². The fourth-order valence-corrected chi connectivity index (χ4v) is 6.68. The van der Waals surface area contributed by atoms with Crippen molar-refractivity contribution in [3.8, 4) is 0 Å². The minimum Gasteiger partial charge on any atom is -0.394 e. The topological polar surface area (TPSA) is 149 Å². The fourth-order valence-electron chi connectivity index (χ4n) is 6.68. The first-order valence-corrected chi connectivity index (χ1v) is 20.9. The second kappa shape index (κ2) is 32.6. The van der Waals surface area contributed by atoms with Gasteiger partial charge in [-0.2, -0.15) is 0 Å². The second-order valence-corrected chi connectivity index (χ2v) is 14.8. The van der Waals surface area contributed by atoms with Gasteiger partial charge in [-0.1, -0.05) is 174 Å². The Morgan fingerprint density at radius 1 is 0.660 bits per heavy atom. The number of aliphatic hydroxyl groups is 5. The highest BCUT2D eigenvalue weighted by atomic mass is 16.7. The molecule has 0 aromatic carbocycles. The molecule has 9 heteroatoms. The molecule has 0 aromatic rings. The van der Waals surface area contributed by atoms with E-state index in [-0.39, 0.29) is 12.5 Å². The monoisotopic (exact) mass is 714 g/mol. The van der Waals surface area contributed by atoms with Crippen LogP contribution in [0.1, 0.15) is 187 Å². The van der Waals surface area contributed by atoms with Gasteiger partial charge in [0.15, 0.2) is 6.29 Å². The summed E-state index contributed by atoms with van der Waals surface area (Å²) in [5.41, 5.74) is 0. The Morgan fingerprint density at radius 3 is 1.56 bits per heavy atom. The predicted molar refractivity (Wildman–Crippen MR) is 203 cm³/mol. The fraction of sp³-hybridized carbons (Fsp3) is 0.927. The number of nitrogens with one attached hydrogen (secondary N) is 1. The highest BCUT2D eigenvalue weighted by Crippen LogP contribution is 2.22. The quantitative estimate of drug-likeness (QED) is 0.0293. The van der Waals surface area contributed by atoms with Gasteiger partial charge in [0.05, 0.1) is 25.4 Å². The van der Waals surface area contributed by atoms with E-state index in [1.165, 1.54) is 122 Å². The third kappa shape index (κ3) is 23.5. The van der Waals surface area contributed by atoms with Crippen LogP contribution in [0.5, 0.6) is 0 Å². The van der Waals surface area contributed by atoms with Gasteiger partial charge in [0.25, 0.3) is 0 Å². The third-order valence-electron chi connectivity index (χ3n) is 10.1. The number of amides is 1. The summed E-state index contributed by atoms with van der Waals surface area (Å²) in [5, 5.41) is 53.7. The van der Waals surface area contributed by atoms with Gasteiger partial charge in [0.2, 0.25) is 5.91 Å². The molecular formula is C41H79NO8. The lowest BCUT2D eigenvalue weighted by molar-refractivity contribution is -0.302. The molecule has 1 saturated heterocycles. The minimum atomic E-state index is -1.56. The maximum Gasteiger partial charge on any atom is 0.220 e. The van der Waals surface area contributed by atoms with Crippen molar-refractivity contribution in [2.75, 3.05) is 13.2 Å². The number of hydrogen-bond acceptors (Lipinski definition) is 8. The van der Waals surface area contributed by atoms with Gasteiger partial charge in [0, 0.05) is 6.42 Å². The molecule has 7 atom stereocenters. The van der Waals surface area contributed by atoms with Crippen molar-refractivity contribution in [3.05, 3.63) is 12.2 Å². The van der Waals surface area contributed by atoms with Gasteiger partial charge in [-0.25, -0.2) is 0 Å². The smallest absolute Gasteiger partial charge is 0.220 e. The maximum absolute atomic E-state index is 12.8. The average molecular weight is 714 g/mol. The van der Waals surface area contributed by atoms with Crippen molar-refractivity contribution in [1.29, 1.82) is 0 Å². The first-order valence-electron chi connectivity index (χ1n) is 20.9. The van der Waals surface area contributed by atoms with Crippen LogP contribution in [-0.4, -0.2) is 87.5 Å². The van der Waals surface area contributed by atoms with E-state index in [1.54, 1.807) is 6.08 Å². The van der Waals surface area contributed by atoms with Gasteiger partial charge in [-0.05, 0) is 19.3 Å². The maximum atomic E-state index is 12.8. The van der Waals surface area contributed by atoms with Crippen molar-refractivity contribution >= 4 is 5.91 Å². The summed E-state index contributed by atoms with van der Waals surface area (Å²) in [6, 6.07) is -0.795. The molecule has 1 rings (SSSR count). The molecule has 0 saturated carbocycles. The first-order chi connectivity index (χ1) is 24.3. The second-order valence-electron chi connectivity index (χ2n) is 14.8. The molecule has 0 spiro atoms. The molecule has 296 valence electrons. The molecule has 6 N–H and O–H groups in total. The third-order valence-corrected chi connectivity index (χ3v) is 10.1. The normalized spacial score (nSPS) is 22.3. The molecule has 0 radical (unpaired) electrons. The summed E-state index contributed by atoms with van der Waals surface area (Å²) in [6.07, 6.45) is 28.7. The number of allylic oxidation sites excluding steroid dienone is 1. The number of carbonyl (C=O) groups is 1. The van der Waals surface area contributed by atoms with Crippen molar-refractivity contribution in [3.63, 3.8) is 0 Å². The molecule has 1 heterocycles. The van der Waals surface area contributed by atoms with E-state index in [1.807, 2.05) is 6.08 Å². The SMILES string of the molecule is CCCCCC/C=C/C(O)C(COC1OC(CO)C(O)C(O)C1O)NC(=O)CCCCCCCCCCCCCCCCCCCCCCC. The predicted octanol–water partition coefficient (Wildman–Crippen LogP) is 7.78. The number of aliphatic hydroxyl groups excluding tert-OH is 5. The average Bonchev–Trinajstić information content (AvgIpc) is 3.11.